The fourth-order valence-corrected chi connectivity index (χ4v) is 0.591. The molecule has 4 heteroatoms. The maximum absolute atomic E-state index is 11.5. The molecule has 4 nitrogen and oxygen atoms in total. The minimum atomic E-state index is -0.926. The lowest BCUT2D eigenvalue weighted by molar-refractivity contribution is -0.131. The van der Waals surface area contributed by atoms with Crippen molar-refractivity contribution in [2.45, 2.75) is 33.2 Å². The van der Waals surface area contributed by atoms with E-state index < -0.39 is 11.0 Å². The lowest BCUT2D eigenvalue weighted by Crippen LogP contribution is -2.54. The molecule has 0 saturated heterocycles. The average molecular weight is 189 g/mol. The number of aliphatic hydroxyl groups is 2. The molecular formula is C9H19NO3. The number of rotatable bonds is 3. The first-order chi connectivity index (χ1) is 5.75. The fraction of sp³-hybridized carbons (Fsp3) is 0.889. The number of nitrogens with one attached hydrogen (secondary N) is 1. The van der Waals surface area contributed by atoms with E-state index in [4.69, 9.17) is 10.2 Å². The molecule has 0 aliphatic rings. The van der Waals surface area contributed by atoms with Gasteiger partial charge >= 0.3 is 0 Å². The predicted octanol–water partition coefficient (Wildman–Crippen LogP) is -0.108. The zero-order valence-corrected chi connectivity index (χ0v) is 8.72. The van der Waals surface area contributed by atoms with Crippen LogP contribution in [0.4, 0.5) is 0 Å². The number of hydrogen-bond acceptors (Lipinski definition) is 3. The second-order valence-electron chi connectivity index (χ2n) is 4.58. The van der Waals surface area contributed by atoms with Crippen molar-refractivity contribution in [2.75, 3.05) is 13.2 Å². The zero-order chi connectivity index (χ0) is 10.7. The summed E-state index contributed by atoms with van der Waals surface area (Å²) >= 11 is 0. The Bertz CT molecular complexity index is 180. The van der Waals surface area contributed by atoms with E-state index in [0.717, 1.165) is 0 Å². The summed E-state index contributed by atoms with van der Waals surface area (Å²) in [7, 11) is 0. The molecule has 0 aliphatic heterocycles. The minimum Gasteiger partial charge on any atom is -0.394 e. The van der Waals surface area contributed by atoms with E-state index in [1.54, 1.807) is 27.7 Å². The van der Waals surface area contributed by atoms with Crippen molar-refractivity contribution in [3.63, 3.8) is 0 Å². The molecule has 0 fully saturated rings. The molecule has 0 aromatic heterocycles. The molecule has 1 amide bonds. The first kappa shape index (κ1) is 12.4. The Morgan fingerprint density at radius 2 is 1.54 bits per heavy atom. The minimum absolute atomic E-state index is 0.182. The van der Waals surface area contributed by atoms with Crippen LogP contribution in [0.3, 0.4) is 0 Å². The van der Waals surface area contributed by atoms with Crippen LogP contribution in [0.1, 0.15) is 27.7 Å². The van der Waals surface area contributed by atoms with E-state index in [-0.39, 0.29) is 19.1 Å². The van der Waals surface area contributed by atoms with Crippen molar-refractivity contribution in [2.24, 2.45) is 5.41 Å². The van der Waals surface area contributed by atoms with Crippen LogP contribution in [0.25, 0.3) is 0 Å². The van der Waals surface area contributed by atoms with Crippen LogP contribution in [-0.4, -0.2) is 34.9 Å². The summed E-state index contributed by atoms with van der Waals surface area (Å²) in [6.07, 6.45) is 0. The lowest BCUT2D eigenvalue weighted by Gasteiger charge is -2.30. The van der Waals surface area contributed by atoms with Crippen LogP contribution in [0.15, 0.2) is 0 Å². The van der Waals surface area contributed by atoms with Gasteiger partial charge in [-0.25, -0.2) is 0 Å². The van der Waals surface area contributed by atoms with Gasteiger partial charge < -0.3 is 15.5 Å². The summed E-state index contributed by atoms with van der Waals surface area (Å²) in [6, 6.07) is 0. The highest BCUT2D eigenvalue weighted by Gasteiger charge is 2.30. The van der Waals surface area contributed by atoms with Crippen LogP contribution in [-0.2, 0) is 4.79 Å². The second-order valence-corrected chi connectivity index (χ2v) is 4.58. The van der Waals surface area contributed by atoms with E-state index in [9.17, 15) is 4.79 Å². The van der Waals surface area contributed by atoms with Gasteiger partial charge in [0.1, 0.15) is 0 Å². The molecule has 0 spiro atoms. The van der Waals surface area contributed by atoms with Crippen LogP contribution >= 0.6 is 0 Å². The van der Waals surface area contributed by atoms with E-state index in [1.165, 1.54) is 0 Å². The van der Waals surface area contributed by atoms with Gasteiger partial charge in [0, 0.05) is 5.41 Å². The lowest BCUT2D eigenvalue weighted by atomic mass is 9.93. The fourth-order valence-electron chi connectivity index (χ4n) is 0.591. The third kappa shape index (κ3) is 3.74. The predicted molar refractivity (Wildman–Crippen MR) is 50.2 cm³/mol. The van der Waals surface area contributed by atoms with Gasteiger partial charge in [-0.15, -0.1) is 0 Å². The van der Waals surface area contributed by atoms with Crippen LogP contribution in [0.2, 0.25) is 0 Å². The van der Waals surface area contributed by atoms with Gasteiger partial charge in [0.05, 0.1) is 18.8 Å². The molecule has 78 valence electrons. The molecule has 13 heavy (non-hydrogen) atoms. The van der Waals surface area contributed by atoms with Gasteiger partial charge in [-0.3, -0.25) is 4.79 Å². The Balaban J connectivity index is 4.35. The van der Waals surface area contributed by atoms with Crippen molar-refractivity contribution in [1.29, 1.82) is 0 Å². The van der Waals surface area contributed by atoms with Crippen LogP contribution in [0.5, 0.6) is 0 Å². The molecule has 0 atom stereocenters. The molecule has 0 aromatic carbocycles. The molecule has 0 unspecified atom stereocenters. The molecular weight excluding hydrogens is 170 g/mol. The topological polar surface area (TPSA) is 69.6 Å². The Labute approximate surface area is 79.0 Å². The van der Waals surface area contributed by atoms with Crippen molar-refractivity contribution in [3.05, 3.63) is 0 Å². The maximum Gasteiger partial charge on any atom is 0.225 e. The van der Waals surface area contributed by atoms with Gasteiger partial charge in [0.2, 0.25) is 5.91 Å². The van der Waals surface area contributed by atoms with E-state index in [1.807, 2.05) is 0 Å². The number of carbonyl (C=O) groups is 1. The van der Waals surface area contributed by atoms with Crippen molar-refractivity contribution >= 4 is 5.91 Å². The molecule has 3 N–H and O–H groups in total. The standard InChI is InChI=1S/C9H19NO3/c1-8(2,3)7(13)10-9(4,5-11)6-12/h11-12H,5-6H2,1-4H3,(H,10,13). The summed E-state index contributed by atoms with van der Waals surface area (Å²) < 4.78 is 0. The van der Waals surface area contributed by atoms with E-state index in [0.29, 0.717) is 0 Å². The number of amides is 1. The summed E-state index contributed by atoms with van der Waals surface area (Å²) in [5.74, 6) is -0.182. The summed E-state index contributed by atoms with van der Waals surface area (Å²) in [4.78, 5) is 11.5. The normalized spacial score (nSPS) is 12.8. The first-order valence-corrected chi connectivity index (χ1v) is 4.29. The quantitative estimate of drug-likeness (QED) is 0.580. The van der Waals surface area contributed by atoms with Crippen molar-refractivity contribution in [1.82, 2.24) is 5.32 Å². The second kappa shape index (κ2) is 4.07. The molecule has 0 bridgehead atoms. The smallest absolute Gasteiger partial charge is 0.225 e. The maximum atomic E-state index is 11.5. The Morgan fingerprint density at radius 3 is 1.77 bits per heavy atom. The highest BCUT2D eigenvalue weighted by Crippen LogP contribution is 2.14. The number of aliphatic hydroxyl groups excluding tert-OH is 2. The SMILES string of the molecule is CC(CO)(CO)NC(=O)C(C)(C)C. The van der Waals surface area contributed by atoms with Crippen molar-refractivity contribution < 1.29 is 15.0 Å². The highest BCUT2D eigenvalue weighted by molar-refractivity contribution is 5.82. The third-order valence-corrected chi connectivity index (χ3v) is 1.79. The Hall–Kier alpha value is -0.610. The Morgan fingerprint density at radius 1 is 1.15 bits per heavy atom. The largest absolute Gasteiger partial charge is 0.394 e. The summed E-state index contributed by atoms with van der Waals surface area (Å²) in [5.41, 5.74) is -1.43. The van der Waals surface area contributed by atoms with Gasteiger partial charge in [0.25, 0.3) is 0 Å². The molecule has 0 heterocycles. The molecule has 0 saturated carbocycles. The monoisotopic (exact) mass is 189 g/mol. The van der Waals surface area contributed by atoms with E-state index >= 15 is 0 Å². The molecule has 0 aromatic rings. The Kier molecular flexibility index (Phi) is 3.88. The van der Waals surface area contributed by atoms with Crippen molar-refractivity contribution in [3.8, 4) is 0 Å². The molecule has 0 aliphatic carbocycles. The summed E-state index contributed by atoms with van der Waals surface area (Å²) in [6.45, 7) is 6.37. The third-order valence-electron chi connectivity index (χ3n) is 1.79. The van der Waals surface area contributed by atoms with Gasteiger partial charge in [0.15, 0.2) is 0 Å². The van der Waals surface area contributed by atoms with Gasteiger partial charge in [-0.1, -0.05) is 20.8 Å². The van der Waals surface area contributed by atoms with Crippen LogP contribution in [0, 0.1) is 5.41 Å². The molecule has 0 radical (unpaired) electrons. The average Bonchev–Trinajstić information content (AvgIpc) is 2.02. The first-order valence-electron chi connectivity index (χ1n) is 4.29. The highest BCUT2D eigenvalue weighted by atomic mass is 16.3. The van der Waals surface area contributed by atoms with Gasteiger partial charge in [-0.05, 0) is 6.92 Å². The number of hydrogen-bond donors (Lipinski definition) is 3. The molecule has 0 rings (SSSR count). The van der Waals surface area contributed by atoms with E-state index in [2.05, 4.69) is 5.32 Å². The van der Waals surface area contributed by atoms with Crippen LogP contribution < -0.4 is 5.32 Å². The summed E-state index contributed by atoms with van der Waals surface area (Å²) in [5, 5.41) is 20.4. The number of carbonyl (C=O) groups excluding carboxylic acids is 1. The van der Waals surface area contributed by atoms with Gasteiger partial charge in [-0.2, -0.15) is 0 Å². The zero-order valence-electron chi connectivity index (χ0n) is 8.72.